The van der Waals surface area contributed by atoms with Crippen LogP contribution in [0.2, 0.25) is 0 Å². The molecule has 0 radical (unpaired) electrons. The molecule has 1 heteroatoms. The van der Waals surface area contributed by atoms with Crippen LogP contribution in [-0.4, -0.2) is 6.04 Å². The van der Waals surface area contributed by atoms with Crippen LogP contribution in [0.25, 0.3) is 0 Å². The molecule has 74 valence electrons. The number of allylic oxidation sites excluding steroid dienone is 1. The van der Waals surface area contributed by atoms with E-state index in [2.05, 4.69) is 48.7 Å². The average molecular weight is 187 g/mol. The first-order valence-corrected chi connectivity index (χ1v) is 5.35. The van der Waals surface area contributed by atoms with Gasteiger partial charge in [0.1, 0.15) is 0 Å². The fourth-order valence-corrected chi connectivity index (χ4v) is 1.87. The van der Waals surface area contributed by atoms with Crippen LogP contribution in [0.3, 0.4) is 0 Å². The van der Waals surface area contributed by atoms with Gasteiger partial charge >= 0.3 is 0 Å². The number of benzene rings is 1. The van der Waals surface area contributed by atoms with Crippen molar-refractivity contribution in [2.45, 2.75) is 32.2 Å². The molecular weight excluding hydrogens is 170 g/mol. The largest absolute Gasteiger partial charge is 0.379 e. The number of para-hydroxylation sites is 1. The number of hydrogen-bond acceptors (Lipinski definition) is 1. The van der Waals surface area contributed by atoms with E-state index in [0.717, 1.165) is 0 Å². The van der Waals surface area contributed by atoms with Crippen molar-refractivity contribution in [2.24, 2.45) is 0 Å². The Balaban J connectivity index is 2.06. The van der Waals surface area contributed by atoms with E-state index in [9.17, 15) is 0 Å². The fraction of sp³-hybridized carbons (Fsp3) is 0.385. The van der Waals surface area contributed by atoms with E-state index in [1.165, 1.54) is 30.5 Å². The highest BCUT2D eigenvalue weighted by molar-refractivity contribution is 5.51. The molecule has 14 heavy (non-hydrogen) atoms. The Hall–Kier alpha value is -1.24. The van der Waals surface area contributed by atoms with E-state index in [-0.39, 0.29) is 0 Å². The third-order valence-corrected chi connectivity index (χ3v) is 2.74. The zero-order valence-corrected chi connectivity index (χ0v) is 8.66. The molecule has 0 bridgehead atoms. The van der Waals surface area contributed by atoms with Gasteiger partial charge in [0.2, 0.25) is 0 Å². The molecule has 1 N–H and O–H groups in total. The lowest BCUT2D eigenvalue weighted by Crippen LogP contribution is -2.18. The third kappa shape index (κ3) is 2.16. The van der Waals surface area contributed by atoms with E-state index in [1.54, 1.807) is 0 Å². The predicted molar refractivity (Wildman–Crippen MR) is 61.6 cm³/mol. The Morgan fingerprint density at radius 1 is 1.29 bits per heavy atom. The molecule has 1 aliphatic carbocycles. The Bertz CT molecular complexity index is 328. The Morgan fingerprint density at radius 3 is 2.86 bits per heavy atom. The first-order valence-electron chi connectivity index (χ1n) is 5.35. The van der Waals surface area contributed by atoms with Crippen LogP contribution in [0.5, 0.6) is 0 Å². The van der Waals surface area contributed by atoms with Gasteiger partial charge in [0.15, 0.2) is 0 Å². The summed E-state index contributed by atoms with van der Waals surface area (Å²) in [4.78, 5) is 0. The second-order valence-electron chi connectivity index (χ2n) is 3.92. The minimum absolute atomic E-state index is 0.532. The van der Waals surface area contributed by atoms with Gasteiger partial charge in [-0.1, -0.05) is 30.4 Å². The summed E-state index contributed by atoms with van der Waals surface area (Å²) in [6.07, 6.45) is 8.37. The minimum Gasteiger partial charge on any atom is -0.379 e. The molecule has 0 aliphatic heterocycles. The van der Waals surface area contributed by atoms with Crippen LogP contribution in [0.15, 0.2) is 36.4 Å². The molecule has 1 aromatic carbocycles. The van der Waals surface area contributed by atoms with Gasteiger partial charge in [-0.25, -0.2) is 0 Å². The van der Waals surface area contributed by atoms with E-state index in [4.69, 9.17) is 0 Å². The Labute approximate surface area is 85.8 Å². The van der Waals surface area contributed by atoms with Crippen molar-refractivity contribution in [2.75, 3.05) is 5.32 Å². The number of anilines is 1. The maximum Gasteiger partial charge on any atom is 0.0444 e. The van der Waals surface area contributed by atoms with Crippen LogP contribution in [-0.2, 0) is 0 Å². The van der Waals surface area contributed by atoms with Crippen LogP contribution >= 0.6 is 0 Å². The van der Waals surface area contributed by atoms with Gasteiger partial charge < -0.3 is 5.32 Å². The molecule has 1 unspecified atom stereocenters. The maximum atomic E-state index is 3.56. The Kier molecular flexibility index (Phi) is 2.87. The first kappa shape index (κ1) is 9.32. The van der Waals surface area contributed by atoms with Crippen LogP contribution in [0.1, 0.15) is 24.8 Å². The molecule has 0 heterocycles. The molecule has 0 spiro atoms. The number of rotatable bonds is 2. The lowest BCUT2D eigenvalue weighted by atomic mass is 10.0. The quantitative estimate of drug-likeness (QED) is 0.698. The molecule has 2 rings (SSSR count). The van der Waals surface area contributed by atoms with E-state index in [1.807, 2.05) is 0 Å². The topological polar surface area (TPSA) is 12.0 Å². The Morgan fingerprint density at radius 2 is 2.14 bits per heavy atom. The van der Waals surface area contributed by atoms with Gasteiger partial charge in [0, 0.05) is 11.7 Å². The molecule has 1 aliphatic rings. The second-order valence-corrected chi connectivity index (χ2v) is 3.92. The highest BCUT2D eigenvalue weighted by Crippen LogP contribution is 2.19. The molecule has 0 saturated carbocycles. The molecule has 1 nitrogen and oxygen atoms in total. The molecule has 0 aromatic heterocycles. The summed E-state index contributed by atoms with van der Waals surface area (Å²) in [6.45, 7) is 2.15. The van der Waals surface area contributed by atoms with E-state index in [0.29, 0.717) is 6.04 Å². The maximum absolute atomic E-state index is 3.56. The van der Waals surface area contributed by atoms with Crippen molar-refractivity contribution in [3.63, 3.8) is 0 Å². The van der Waals surface area contributed by atoms with Crippen molar-refractivity contribution >= 4 is 5.69 Å². The van der Waals surface area contributed by atoms with Gasteiger partial charge in [-0.2, -0.15) is 0 Å². The van der Waals surface area contributed by atoms with E-state index < -0.39 is 0 Å². The summed E-state index contributed by atoms with van der Waals surface area (Å²) in [5.74, 6) is 0. The fourth-order valence-electron chi connectivity index (χ4n) is 1.87. The van der Waals surface area contributed by atoms with Gasteiger partial charge in [-0.3, -0.25) is 0 Å². The summed E-state index contributed by atoms with van der Waals surface area (Å²) in [5, 5.41) is 3.56. The first-order chi connectivity index (χ1) is 6.86. The zero-order chi connectivity index (χ0) is 9.80. The number of nitrogens with one attached hydrogen (secondary N) is 1. The molecule has 1 aromatic rings. The normalized spacial score (nSPS) is 20.8. The third-order valence-electron chi connectivity index (χ3n) is 2.74. The van der Waals surface area contributed by atoms with Crippen molar-refractivity contribution < 1.29 is 0 Å². The van der Waals surface area contributed by atoms with Gasteiger partial charge in [0.25, 0.3) is 0 Å². The van der Waals surface area contributed by atoms with Gasteiger partial charge in [0.05, 0.1) is 0 Å². The van der Waals surface area contributed by atoms with Crippen molar-refractivity contribution in [1.29, 1.82) is 0 Å². The molecule has 1 atom stereocenters. The van der Waals surface area contributed by atoms with Crippen molar-refractivity contribution in [3.05, 3.63) is 42.0 Å². The van der Waals surface area contributed by atoms with Crippen molar-refractivity contribution in [3.8, 4) is 0 Å². The van der Waals surface area contributed by atoms with Crippen LogP contribution in [0.4, 0.5) is 5.69 Å². The highest BCUT2D eigenvalue weighted by atomic mass is 14.9. The average Bonchev–Trinajstić information content (AvgIpc) is 2.23. The summed E-state index contributed by atoms with van der Waals surface area (Å²) in [7, 11) is 0. The summed E-state index contributed by atoms with van der Waals surface area (Å²) < 4.78 is 0. The van der Waals surface area contributed by atoms with Crippen LogP contribution in [0, 0.1) is 6.92 Å². The van der Waals surface area contributed by atoms with Crippen molar-refractivity contribution in [1.82, 2.24) is 0 Å². The summed E-state index contributed by atoms with van der Waals surface area (Å²) in [5.41, 5.74) is 2.59. The molecule has 0 fully saturated rings. The standard InChI is InChI=1S/C13H17N/c1-11-7-5-6-10-13(11)14-12-8-3-2-4-9-12/h3,5-8,10,12,14H,2,4,9H2,1H3. The SMILES string of the molecule is Cc1ccccc1NC1C=CCCC1. The number of aryl methyl sites for hydroxylation is 1. The summed E-state index contributed by atoms with van der Waals surface area (Å²) >= 11 is 0. The molecule has 0 saturated heterocycles. The van der Waals surface area contributed by atoms with Gasteiger partial charge in [-0.05, 0) is 37.8 Å². The second kappa shape index (κ2) is 4.32. The lowest BCUT2D eigenvalue weighted by molar-refractivity contribution is 0.673. The lowest BCUT2D eigenvalue weighted by Gasteiger charge is -2.20. The number of hydrogen-bond donors (Lipinski definition) is 1. The highest BCUT2D eigenvalue weighted by Gasteiger charge is 2.08. The molecule has 0 amide bonds. The van der Waals surface area contributed by atoms with Crippen LogP contribution < -0.4 is 5.32 Å². The monoisotopic (exact) mass is 187 g/mol. The smallest absolute Gasteiger partial charge is 0.0444 e. The van der Waals surface area contributed by atoms with E-state index >= 15 is 0 Å². The molecular formula is C13H17N. The predicted octanol–water partition coefficient (Wildman–Crippen LogP) is 3.52. The zero-order valence-electron chi connectivity index (χ0n) is 8.66. The minimum atomic E-state index is 0.532. The summed E-state index contributed by atoms with van der Waals surface area (Å²) in [6, 6.07) is 9.00. The van der Waals surface area contributed by atoms with Gasteiger partial charge in [-0.15, -0.1) is 0 Å².